The Kier molecular flexibility index (Phi) is 8.63. The molecule has 1 fully saturated rings. The smallest absolute Gasteiger partial charge is 0.310 e. The maximum Gasteiger partial charge on any atom is 0.310 e. The van der Waals surface area contributed by atoms with Gasteiger partial charge in [-0.05, 0) is 24.5 Å². The molecule has 0 aliphatic carbocycles. The van der Waals surface area contributed by atoms with Crippen molar-refractivity contribution >= 4 is 58.8 Å². The first-order chi connectivity index (χ1) is 10.5. The van der Waals surface area contributed by atoms with Crippen molar-refractivity contribution in [2.45, 2.75) is 13.3 Å². The van der Waals surface area contributed by atoms with Crippen molar-refractivity contribution in [2.75, 3.05) is 33.8 Å². The van der Waals surface area contributed by atoms with Crippen LogP contribution in [0.1, 0.15) is 11.8 Å². The number of carbonyl (C=O) groups is 1. The van der Waals surface area contributed by atoms with E-state index < -0.39 is 0 Å². The summed E-state index contributed by atoms with van der Waals surface area (Å²) in [7, 11) is 3.21. The van der Waals surface area contributed by atoms with Crippen LogP contribution in [0.25, 0.3) is 0 Å². The second-order valence-corrected chi connectivity index (χ2v) is 7.24. The minimum absolute atomic E-state index is 0. The lowest BCUT2D eigenvalue weighted by molar-refractivity contribution is -0.145. The van der Waals surface area contributed by atoms with E-state index in [9.17, 15) is 4.79 Å². The molecule has 2 unspecified atom stereocenters. The first-order valence-corrected chi connectivity index (χ1v) is 8.52. The molecular formula is C15H23ClIN3O2S. The fourth-order valence-corrected chi connectivity index (χ4v) is 3.80. The Hall–Kier alpha value is -0.540. The number of methoxy groups -OCH3 is 1. The number of ether oxygens (including phenoxy) is 1. The van der Waals surface area contributed by atoms with Gasteiger partial charge in [0, 0.05) is 31.6 Å². The Morgan fingerprint density at radius 3 is 2.83 bits per heavy atom. The summed E-state index contributed by atoms with van der Waals surface area (Å²) in [5.74, 6) is 0.876. The summed E-state index contributed by atoms with van der Waals surface area (Å²) in [6.07, 6.45) is 0.903. The number of nitrogens with zero attached hydrogens (tertiary/aromatic N) is 2. The fraction of sp³-hybridized carbons (Fsp3) is 0.600. The average molecular weight is 472 g/mol. The number of thiophene rings is 1. The number of likely N-dealkylation sites (tertiary alicyclic amines) is 1. The quantitative estimate of drug-likeness (QED) is 0.318. The van der Waals surface area contributed by atoms with E-state index in [1.165, 1.54) is 12.0 Å². The zero-order valence-corrected chi connectivity index (χ0v) is 17.4. The highest BCUT2D eigenvalue weighted by molar-refractivity contribution is 14.0. The van der Waals surface area contributed by atoms with Gasteiger partial charge in [-0.2, -0.15) is 0 Å². The molecule has 5 nitrogen and oxygen atoms in total. The summed E-state index contributed by atoms with van der Waals surface area (Å²) in [4.78, 5) is 19.4. The minimum Gasteiger partial charge on any atom is -0.469 e. The number of hydrogen-bond acceptors (Lipinski definition) is 4. The van der Waals surface area contributed by atoms with Gasteiger partial charge in [-0.1, -0.05) is 18.5 Å². The van der Waals surface area contributed by atoms with Crippen LogP contribution in [0, 0.1) is 11.8 Å². The van der Waals surface area contributed by atoms with Crippen molar-refractivity contribution in [3.63, 3.8) is 0 Å². The van der Waals surface area contributed by atoms with Gasteiger partial charge in [0.2, 0.25) is 0 Å². The molecule has 0 bridgehead atoms. The van der Waals surface area contributed by atoms with E-state index in [1.54, 1.807) is 18.4 Å². The van der Waals surface area contributed by atoms with E-state index in [0.29, 0.717) is 6.54 Å². The molecule has 1 aliphatic rings. The number of rotatable bonds is 4. The summed E-state index contributed by atoms with van der Waals surface area (Å²) in [5, 5.41) is 3.35. The molecule has 130 valence electrons. The number of halogens is 2. The minimum atomic E-state index is -0.140. The molecule has 8 heteroatoms. The Labute approximate surface area is 163 Å². The molecule has 1 aromatic rings. The number of carbonyl (C=O) groups excluding carboxylic acids is 1. The highest BCUT2D eigenvalue weighted by Crippen LogP contribution is 2.24. The van der Waals surface area contributed by atoms with E-state index in [-0.39, 0.29) is 41.8 Å². The normalized spacial score (nSPS) is 21.0. The number of nitrogens with one attached hydrogen (secondary N) is 1. The monoisotopic (exact) mass is 471 g/mol. The molecular weight excluding hydrogens is 449 g/mol. The third-order valence-corrected chi connectivity index (χ3v) is 5.20. The Balaban J connectivity index is 0.00000264. The van der Waals surface area contributed by atoms with Gasteiger partial charge in [0.15, 0.2) is 5.96 Å². The average Bonchev–Trinajstić information content (AvgIpc) is 3.09. The van der Waals surface area contributed by atoms with E-state index >= 15 is 0 Å². The lowest BCUT2D eigenvalue weighted by Crippen LogP contribution is -2.41. The van der Waals surface area contributed by atoms with Crippen LogP contribution in [0.3, 0.4) is 0 Å². The largest absolute Gasteiger partial charge is 0.469 e. The summed E-state index contributed by atoms with van der Waals surface area (Å²) >= 11 is 7.53. The Morgan fingerprint density at radius 1 is 1.52 bits per heavy atom. The van der Waals surface area contributed by atoms with Crippen LogP contribution in [0.15, 0.2) is 17.1 Å². The molecule has 0 aromatic carbocycles. The van der Waals surface area contributed by atoms with E-state index in [1.807, 2.05) is 12.1 Å². The molecule has 1 saturated heterocycles. The van der Waals surface area contributed by atoms with Crippen molar-refractivity contribution in [1.29, 1.82) is 0 Å². The summed E-state index contributed by atoms with van der Waals surface area (Å²) < 4.78 is 5.68. The summed E-state index contributed by atoms with van der Waals surface area (Å²) in [5.41, 5.74) is 0. The van der Waals surface area contributed by atoms with Gasteiger partial charge >= 0.3 is 5.97 Å². The Morgan fingerprint density at radius 2 is 2.26 bits per heavy atom. The van der Waals surface area contributed by atoms with Crippen molar-refractivity contribution in [2.24, 2.45) is 16.8 Å². The van der Waals surface area contributed by atoms with Gasteiger partial charge in [0.05, 0.1) is 17.4 Å². The summed E-state index contributed by atoms with van der Waals surface area (Å²) in [6.45, 7) is 4.32. The van der Waals surface area contributed by atoms with Gasteiger partial charge in [-0.15, -0.1) is 35.3 Å². The van der Waals surface area contributed by atoms with Crippen molar-refractivity contribution in [1.82, 2.24) is 10.2 Å². The molecule has 0 amide bonds. The fourth-order valence-electron chi connectivity index (χ4n) is 2.71. The highest BCUT2D eigenvalue weighted by atomic mass is 127. The topological polar surface area (TPSA) is 53.9 Å². The van der Waals surface area contributed by atoms with Crippen molar-refractivity contribution in [3.05, 3.63) is 21.3 Å². The van der Waals surface area contributed by atoms with E-state index in [4.69, 9.17) is 16.3 Å². The van der Waals surface area contributed by atoms with E-state index in [0.717, 1.165) is 29.8 Å². The Bertz CT molecular complexity index is 553. The van der Waals surface area contributed by atoms with Crippen LogP contribution in [-0.4, -0.2) is 50.6 Å². The van der Waals surface area contributed by atoms with Crippen LogP contribution < -0.4 is 5.32 Å². The van der Waals surface area contributed by atoms with Gasteiger partial charge in [0.25, 0.3) is 0 Å². The zero-order chi connectivity index (χ0) is 16.1. The molecule has 2 atom stereocenters. The lowest BCUT2D eigenvalue weighted by Gasteiger charge is -2.21. The first kappa shape index (κ1) is 20.5. The SMILES string of the molecule is CN=C(NCCc1ccc(Cl)s1)N1CC(C)C(C(=O)OC)C1.I. The third kappa shape index (κ3) is 5.49. The van der Waals surface area contributed by atoms with Gasteiger partial charge < -0.3 is 15.0 Å². The third-order valence-electron chi connectivity index (χ3n) is 3.91. The molecule has 1 aliphatic heterocycles. The van der Waals surface area contributed by atoms with Crippen LogP contribution in [0.2, 0.25) is 4.34 Å². The van der Waals surface area contributed by atoms with Gasteiger partial charge in [-0.25, -0.2) is 0 Å². The predicted molar refractivity (Wildman–Crippen MR) is 106 cm³/mol. The number of aliphatic imine (C=N–C) groups is 1. The van der Waals surface area contributed by atoms with Crippen LogP contribution in [-0.2, 0) is 16.0 Å². The molecule has 23 heavy (non-hydrogen) atoms. The molecule has 2 rings (SSSR count). The zero-order valence-electron chi connectivity index (χ0n) is 13.5. The maximum atomic E-state index is 11.8. The standard InChI is InChI=1S/C15H22ClN3O2S.HI/c1-10-8-19(9-12(10)14(20)21-3)15(17-2)18-7-6-11-4-5-13(16)22-11;/h4-5,10,12H,6-9H2,1-3H3,(H,17,18);1H. The van der Waals surface area contributed by atoms with E-state index in [2.05, 4.69) is 22.1 Å². The first-order valence-electron chi connectivity index (χ1n) is 7.32. The van der Waals surface area contributed by atoms with Gasteiger partial charge in [-0.3, -0.25) is 9.79 Å². The number of hydrogen-bond donors (Lipinski definition) is 1. The molecule has 0 spiro atoms. The van der Waals surface area contributed by atoms with Crippen LogP contribution in [0.4, 0.5) is 0 Å². The van der Waals surface area contributed by atoms with Crippen LogP contribution in [0.5, 0.6) is 0 Å². The molecule has 1 N–H and O–H groups in total. The second kappa shape index (κ2) is 9.68. The lowest BCUT2D eigenvalue weighted by atomic mass is 9.99. The van der Waals surface area contributed by atoms with Crippen molar-refractivity contribution < 1.29 is 9.53 Å². The summed E-state index contributed by atoms with van der Waals surface area (Å²) in [6, 6.07) is 3.96. The molecule has 1 aromatic heterocycles. The molecule has 0 saturated carbocycles. The van der Waals surface area contributed by atoms with Crippen molar-refractivity contribution in [3.8, 4) is 0 Å². The second-order valence-electron chi connectivity index (χ2n) is 5.44. The number of guanidine groups is 1. The van der Waals surface area contributed by atoms with Crippen LogP contribution >= 0.6 is 46.9 Å². The predicted octanol–water partition coefficient (Wildman–Crippen LogP) is 2.88. The maximum absolute atomic E-state index is 11.8. The van der Waals surface area contributed by atoms with Gasteiger partial charge in [0.1, 0.15) is 0 Å². The molecule has 2 heterocycles. The highest BCUT2D eigenvalue weighted by Gasteiger charge is 2.36. The number of esters is 1. The molecule has 0 radical (unpaired) electrons.